The first-order valence-electron chi connectivity index (χ1n) is 5.56. The van der Waals surface area contributed by atoms with E-state index in [0.717, 1.165) is 19.1 Å². The lowest BCUT2D eigenvalue weighted by molar-refractivity contribution is -0.149. The summed E-state index contributed by atoms with van der Waals surface area (Å²) in [6.07, 6.45) is -4.55. The number of carbonyl (C=O) groups is 2. The van der Waals surface area contributed by atoms with Crippen LogP contribution in [0.3, 0.4) is 0 Å². The molecule has 0 radical (unpaired) electrons. The zero-order valence-electron chi connectivity index (χ0n) is 11.0. The molecular formula is C13H12ClF3O3. The molecule has 0 heterocycles. The van der Waals surface area contributed by atoms with E-state index >= 15 is 0 Å². The van der Waals surface area contributed by atoms with Crippen molar-refractivity contribution in [3.8, 4) is 0 Å². The van der Waals surface area contributed by atoms with Crippen LogP contribution in [0.4, 0.5) is 13.2 Å². The van der Waals surface area contributed by atoms with E-state index in [-0.39, 0.29) is 10.6 Å². The monoisotopic (exact) mass is 308 g/mol. The van der Waals surface area contributed by atoms with Crippen LogP contribution in [0, 0.1) is 0 Å². The molecule has 0 fully saturated rings. The SMILES string of the molecule is CC(=O)OC(C)(C)C(=O)c1ccc(C(F)(F)F)cc1Cl. The number of hydrogen-bond acceptors (Lipinski definition) is 3. The molecule has 0 amide bonds. The van der Waals surface area contributed by atoms with E-state index < -0.39 is 29.1 Å². The molecule has 1 aromatic carbocycles. The smallest absolute Gasteiger partial charge is 0.416 e. The summed E-state index contributed by atoms with van der Waals surface area (Å²) in [5, 5.41) is -0.343. The van der Waals surface area contributed by atoms with Crippen molar-refractivity contribution in [2.24, 2.45) is 0 Å². The minimum Gasteiger partial charge on any atom is -0.451 e. The highest BCUT2D eigenvalue weighted by molar-refractivity contribution is 6.34. The molecule has 0 aliphatic rings. The standard InChI is InChI=1S/C13H12ClF3O3/c1-7(18)20-12(2,3)11(19)9-5-4-8(6-10(9)14)13(15,16)17/h4-6H,1-3H3. The lowest BCUT2D eigenvalue weighted by Crippen LogP contribution is -2.36. The molecule has 1 aromatic rings. The van der Waals surface area contributed by atoms with Gasteiger partial charge in [-0.3, -0.25) is 9.59 Å². The van der Waals surface area contributed by atoms with Crippen molar-refractivity contribution in [3.63, 3.8) is 0 Å². The second-order valence-electron chi connectivity index (χ2n) is 4.63. The minimum atomic E-state index is -4.55. The third-order valence-corrected chi connectivity index (χ3v) is 2.80. The molecule has 0 aliphatic heterocycles. The molecule has 110 valence electrons. The third kappa shape index (κ3) is 3.72. The number of halogens is 4. The maximum Gasteiger partial charge on any atom is 0.416 e. The number of ether oxygens (including phenoxy) is 1. The number of rotatable bonds is 3. The van der Waals surface area contributed by atoms with E-state index in [1.807, 2.05) is 0 Å². The Morgan fingerprint density at radius 3 is 2.15 bits per heavy atom. The Balaban J connectivity index is 3.15. The van der Waals surface area contributed by atoms with Crippen LogP contribution in [0.1, 0.15) is 36.7 Å². The van der Waals surface area contributed by atoms with Gasteiger partial charge in [0.25, 0.3) is 0 Å². The quantitative estimate of drug-likeness (QED) is 0.628. The molecular weight excluding hydrogens is 297 g/mol. The Bertz CT molecular complexity index is 550. The summed E-state index contributed by atoms with van der Waals surface area (Å²) in [5.74, 6) is -1.35. The van der Waals surface area contributed by atoms with Crippen molar-refractivity contribution in [1.82, 2.24) is 0 Å². The highest BCUT2D eigenvalue weighted by atomic mass is 35.5. The van der Waals surface area contributed by atoms with Crippen molar-refractivity contribution < 1.29 is 27.5 Å². The van der Waals surface area contributed by atoms with E-state index in [0.29, 0.717) is 6.07 Å². The Morgan fingerprint density at radius 2 is 1.75 bits per heavy atom. The highest BCUT2D eigenvalue weighted by Crippen LogP contribution is 2.33. The van der Waals surface area contributed by atoms with Crippen LogP contribution in [-0.4, -0.2) is 17.4 Å². The number of carbonyl (C=O) groups excluding carboxylic acids is 2. The summed E-state index contributed by atoms with van der Waals surface area (Å²) >= 11 is 5.71. The molecule has 0 aromatic heterocycles. The fourth-order valence-electron chi connectivity index (χ4n) is 1.61. The molecule has 0 aliphatic carbocycles. The average Bonchev–Trinajstić information content (AvgIpc) is 2.24. The predicted molar refractivity (Wildman–Crippen MR) is 66.6 cm³/mol. The van der Waals surface area contributed by atoms with Crippen LogP contribution in [0.5, 0.6) is 0 Å². The molecule has 1 rings (SSSR count). The van der Waals surface area contributed by atoms with Crippen LogP contribution in [0.25, 0.3) is 0 Å². The van der Waals surface area contributed by atoms with Crippen molar-refractivity contribution in [1.29, 1.82) is 0 Å². The summed E-state index contributed by atoms with van der Waals surface area (Å²) in [5.41, 5.74) is -2.59. The van der Waals surface area contributed by atoms with Gasteiger partial charge in [0.2, 0.25) is 5.78 Å². The zero-order valence-corrected chi connectivity index (χ0v) is 11.7. The largest absolute Gasteiger partial charge is 0.451 e. The molecule has 0 spiro atoms. The van der Waals surface area contributed by atoms with Crippen LogP contribution in [0.15, 0.2) is 18.2 Å². The molecule has 0 saturated carbocycles. The topological polar surface area (TPSA) is 43.4 Å². The maximum atomic E-state index is 12.5. The van der Waals surface area contributed by atoms with Gasteiger partial charge >= 0.3 is 12.1 Å². The van der Waals surface area contributed by atoms with Crippen LogP contribution in [0.2, 0.25) is 5.02 Å². The summed E-state index contributed by atoms with van der Waals surface area (Å²) in [7, 11) is 0. The molecule has 0 saturated heterocycles. The van der Waals surface area contributed by atoms with E-state index in [9.17, 15) is 22.8 Å². The van der Waals surface area contributed by atoms with Crippen LogP contribution < -0.4 is 0 Å². The normalized spacial score (nSPS) is 12.2. The first-order chi connectivity index (χ1) is 8.95. The van der Waals surface area contributed by atoms with E-state index in [4.69, 9.17) is 16.3 Å². The average molecular weight is 309 g/mol. The first-order valence-corrected chi connectivity index (χ1v) is 5.94. The highest BCUT2D eigenvalue weighted by Gasteiger charge is 2.35. The van der Waals surface area contributed by atoms with Crippen molar-refractivity contribution >= 4 is 23.4 Å². The maximum absolute atomic E-state index is 12.5. The summed E-state index contributed by atoms with van der Waals surface area (Å²) in [6.45, 7) is 3.80. The van der Waals surface area contributed by atoms with Gasteiger partial charge in [-0.15, -0.1) is 0 Å². The summed E-state index contributed by atoms with van der Waals surface area (Å²) in [4.78, 5) is 23.1. The van der Waals surface area contributed by atoms with Gasteiger partial charge in [0.1, 0.15) is 0 Å². The molecule has 0 N–H and O–H groups in total. The number of esters is 1. The fourth-order valence-corrected chi connectivity index (χ4v) is 1.87. The van der Waals surface area contributed by atoms with Gasteiger partial charge in [0, 0.05) is 12.5 Å². The molecule has 20 heavy (non-hydrogen) atoms. The number of Topliss-reactive ketones (excluding diaryl/α,β-unsaturated/α-hetero) is 1. The fraction of sp³-hybridized carbons (Fsp3) is 0.385. The van der Waals surface area contributed by atoms with Gasteiger partial charge in [0.15, 0.2) is 5.60 Å². The third-order valence-electron chi connectivity index (χ3n) is 2.49. The van der Waals surface area contributed by atoms with Crippen LogP contribution >= 0.6 is 11.6 Å². The van der Waals surface area contributed by atoms with Crippen LogP contribution in [-0.2, 0) is 15.7 Å². The number of benzene rings is 1. The van der Waals surface area contributed by atoms with Crippen molar-refractivity contribution in [3.05, 3.63) is 34.3 Å². The second kappa shape index (κ2) is 5.44. The Labute approximate surface area is 118 Å². The predicted octanol–water partition coefficient (Wildman–Crippen LogP) is 3.88. The summed E-state index contributed by atoms with van der Waals surface area (Å²) < 4.78 is 42.3. The van der Waals surface area contributed by atoms with Gasteiger partial charge in [-0.2, -0.15) is 13.2 Å². The van der Waals surface area contributed by atoms with Gasteiger partial charge in [-0.25, -0.2) is 0 Å². The molecule has 0 unspecified atom stereocenters. The molecule has 7 heteroatoms. The minimum absolute atomic E-state index is 0.133. The number of ketones is 1. The Kier molecular flexibility index (Phi) is 4.49. The van der Waals surface area contributed by atoms with Gasteiger partial charge < -0.3 is 4.74 Å². The van der Waals surface area contributed by atoms with Gasteiger partial charge in [-0.1, -0.05) is 11.6 Å². The van der Waals surface area contributed by atoms with Crippen molar-refractivity contribution in [2.75, 3.05) is 0 Å². The number of alkyl halides is 3. The van der Waals surface area contributed by atoms with E-state index in [1.165, 1.54) is 13.8 Å². The Morgan fingerprint density at radius 1 is 1.20 bits per heavy atom. The Hall–Kier alpha value is -1.56. The lowest BCUT2D eigenvalue weighted by atomic mass is 9.95. The lowest BCUT2D eigenvalue weighted by Gasteiger charge is -2.23. The van der Waals surface area contributed by atoms with E-state index in [1.54, 1.807) is 0 Å². The number of hydrogen-bond donors (Lipinski definition) is 0. The van der Waals surface area contributed by atoms with Gasteiger partial charge in [0.05, 0.1) is 10.6 Å². The van der Waals surface area contributed by atoms with E-state index in [2.05, 4.69) is 0 Å². The second-order valence-corrected chi connectivity index (χ2v) is 5.03. The molecule has 0 bridgehead atoms. The first kappa shape index (κ1) is 16.5. The van der Waals surface area contributed by atoms with Crippen molar-refractivity contribution in [2.45, 2.75) is 32.5 Å². The zero-order chi connectivity index (χ0) is 15.7. The van der Waals surface area contributed by atoms with Gasteiger partial charge in [-0.05, 0) is 32.0 Å². The summed E-state index contributed by atoms with van der Waals surface area (Å²) in [6, 6.07) is 2.39. The molecule has 3 nitrogen and oxygen atoms in total. The molecule has 0 atom stereocenters.